The Labute approximate surface area is 148 Å². The zero-order chi connectivity index (χ0) is 17.3. The summed E-state index contributed by atoms with van der Waals surface area (Å²) in [6.45, 7) is 2.95. The number of carbonyl (C=O) groups is 1. The Morgan fingerprint density at radius 1 is 1.28 bits per heavy atom. The number of likely N-dealkylation sites (tertiary alicyclic amines) is 1. The van der Waals surface area contributed by atoms with E-state index in [4.69, 9.17) is 9.47 Å². The van der Waals surface area contributed by atoms with Crippen molar-refractivity contribution in [3.63, 3.8) is 0 Å². The number of piperidine rings is 1. The molecule has 0 saturated carbocycles. The van der Waals surface area contributed by atoms with Gasteiger partial charge in [-0.3, -0.25) is 4.79 Å². The van der Waals surface area contributed by atoms with Gasteiger partial charge in [0.2, 0.25) is 0 Å². The van der Waals surface area contributed by atoms with Gasteiger partial charge in [0.25, 0.3) is 5.91 Å². The van der Waals surface area contributed by atoms with Crippen LogP contribution in [0.15, 0.2) is 42.5 Å². The van der Waals surface area contributed by atoms with Gasteiger partial charge in [-0.05, 0) is 42.2 Å². The van der Waals surface area contributed by atoms with Gasteiger partial charge in [-0.25, -0.2) is 0 Å². The summed E-state index contributed by atoms with van der Waals surface area (Å²) in [7, 11) is 1.74. The highest BCUT2D eigenvalue weighted by Crippen LogP contribution is 2.40. The predicted molar refractivity (Wildman–Crippen MR) is 97.8 cm³/mol. The van der Waals surface area contributed by atoms with Gasteiger partial charge in [-0.15, -0.1) is 0 Å². The van der Waals surface area contributed by atoms with Crippen molar-refractivity contribution in [3.05, 3.63) is 48.0 Å². The summed E-state index contributed by atoms with van der Waals surface area (Å²) in [5.41, 5.74) is 0.707. The topological polar surface area (TPSA) is 38.8 Å². The minimum atomic E-state index is -0.0578. The van der Waals surface area contributed by atoms with Crippen molar-refractivity contribution < 1.29 is 14.3 Å². The first-order valence-electron chi connectivity index (χ1n) is 9.10. The van der Waals surface area contributed by atoms with E-state index in [0.29, 0.717) is 6.61 Å². The van der Waals surface area contributed by atoms with Crippen molar-refractivity contribution in [3.8, 4) is 0 Å². The van der Waals surface area contributed by atoms with Crippen LogP contribution in [-0.2, 0) is 9.47 Å². The number of carbonyl (C=O) groups excluding carboxylic acids is 1. The quantitative estimate of drug-likeness (QED) is 0.859. The van der Waals surface area contributed by atoms with E-state index in [2.05, 4.69) is 12.1 Å². The van der Waals surface area contributed by atoms with Crippen LogP contribution in [0.25, 0.3) is 10.8 Å². The second-order valence-electron chi connectivity index (χ2n) is 7.34. The minimum absolute atomic E-state index is 0.0578. The molecule has 1 amide bonds. The first kappa shape index (κ1) is 16.6. The third kappa shape index (κ3) is 3.05. The molecule has 2 saturated heterocycles. The first-order chi connectivity index (χ1) is 12.2. The summed E-state index contributed by atoms with van der Waals surface area (Å²) >= 11 is 0. The van der Waals surface area contributed by atoms with Crippen LogP contribution in [0.3, 0.4) is 0 Å². The average Bonchev–Trinajstić information content (AvgIpc) is 2.66. The van der Waals surface area contributed by atoms with Crippen LogP contribution in [0, 0.1) is 5.41 Å². The normalized spacial score (nSPS) is 26.4. The number of benzene rings is 2. The molecule has 2 aliphatic rings. The number of amides is 1. The molecule has 2 fully saturated rings. The highest BCUT2D eigenvalue weighted by molar-refractivity contribution is 5.98. The molecule has 2 aliphatic heterocycles. The zero-order valence-electron chi connectivity index (χ0n) is 14.7. The zero-order valence-corrected chi connectivity index (χ0v) is 14.7. The lowest BCUT2D eigenvalue weighted by Gasteiger charge is -2.50. The second-order valence-corrected chi connectivity index (χ2v) is 7.34. The Kier molecular flexibility index (Phi) is 4.48. The van der Waals surface area contributed by atoms with Gasteiger partial charge in [0.15, 0.2) is 0 Å². The van der Waals surface area contributed by atoms with Crippen LogP contribution in [0.2, 0.25) is 0 Å². The Bertz CT molecular complexity index is 771. The van der Waals surface area contributed by atoms with Crippen molar-refractivity contribution in [2.75, 3.05) is 33.4 Å². The van der Waals surface area contributed by atoms with E-state index in [-0.39, 0.29) is 17.4 Å². The maximum Gasteiger partial charge on any atom is 0.253 e. The monoisotopic (exact) mass is 339 g/mol. The standard InChI is InChI=1S/C21H25NO3/c1-24-15-21-10-4-12-25-19(21)9-11-22(14-21)20(23)18-8-7-16-5-2-3-6-17(16)13-18/h2-3,5-8,13,19H,4,9-12,14-15H2,1H3/t19-,21+/m1/s1. The van der Waals surface area contributed by atoms with Gasteiger partial charge in [0.1, 0.15) is 0 Å². The molecule has 0 bridgehead atoms. The van der Waals surface area contributed by atoms with Crippen LogP contribution in [0.4, 0.5) is 0 Å². The van der Waals surface area contributed by atoms with E-state index in [0.717, 1.165) is 55.3 Å². The molecule has 0 unspecified atom stereocenters. The van der Waals surface area contributed by atoms with E-state index in [1.807, 2.05) is 35.2 Å². The molecule has 0 N–H and O–H groups in total. The molecule has 2 atom stereocenters. The molecule has 2 aromatic rings. The molecule has 0 spiro atoms. The van der Waals surface area contributed by atoms with Crippen LogP contribution in [0.1, 0.15) is 29.6 Å². The van der Waals surface area contributed by atoms with Gasteiger partial charge in [0, 0.05) is 37.8 Å². The van der Waals surface area contributed by atoms with Crippen molar-refractivity contribution in [1.29, 1.82) is 0 Å². The SMILES string of the molecule is COC[C@@]12CCCO[C@@H]1CCN(C(=O)c1ccc3ccccc3c1)C2. The Morgan fingerprint density at radius 2 is 2.12 bits per heavy atom. The minimum Gasteiger partial charge on any atom is -0.384 e. The third-order valence-corrected chi connectivity index (χ3v) is 5.70. The number of hydrogen-bond acceptors (Lipinski definition) is 3. The van der Waals surface area contributed by atoms with Crippen LogP contribution in [0.5, 0.6) is 0 Å². The number of nitrogens with zero attached hydrogens (tertiary/aromatic N) is 1. The molecule has 2 aromatic carbocycles. The molecule has 132 valence electrons. The Balaban J connectivity index is 1.58. The van der Waals surface area contributed by atoms with E-state index in [9.17, 15) is 4.79 Å². The Hall–Kier alpha value is -1.91. The number of ether oxygens (including phenoxy) is 2. The fourth-order valence-electron chi connectivity index (χ4n) is 4.47. The van der Waals surface area contributed by atoms with Crippen molar-refractivity contribution in [2.24, 2.45) is 5.41 Å². The van der Waals surface area contributed by atoms with Gasteiger partial charge < -0.3 is 14.4 Å². The fraction of sp³-hybridized carbons (Fsp3) is 0.476. The Morgan fingerprint density at radius 3 is 2.96 bits per heavy atom. The molecule has 25 heavy (non-hydrogen) atoms. The summed E-state index contributed by atoms with van der Waals surface area (Å²) in [4.78, 5) is 15.1. The molecule has 4 nitrogen and oxygen atoms in total. The van der Waals surface area contributed by atoms with Crippen LogP contribution < -0.4 is 0 Å². The first-order valence-corrected chi connectivity index (χ1v) is 9.10. The smallest absolute Gasteiger partial charge is 0.253 e. The fourth-order valence-corrected chi connectivity index (χ4v) is 4.47. The van der Waals surface area contributed by atoms with E-state index < -0.39 is 0 Å². The van der Waals surface area contributed by atoms with Gasteiger partial charge >= 0.3 is 0 Å². The summed E-state index contributed by atoms with van der Waals surface area (Å²) in [6, 6.07) is 14.1. The molecule has 4 heteroatoms. The number of methoxy groups -OCH3 is 1. The van der Waals surface area contributed by atoms with Crippen molar-refractivity contribution >= 4 is 16.7 Å². The highest BCUT2D eigenvalue weighted by atomic mass is 16.5. The molecule has 0 aromatic heterocycles. The van der Waals surface area contributed by atoms with Gasteiger partial charge in [-0.2, -0.15) is 0 Å². The summed E-state index contributed by atoms with van der Waals surface area (Å²) < 4.78 is 11.5. The molecule has 0 aliphatic carbocycles. The van der Waals surface area contributed by atoms with Crippen LogP contribution >= 0.6 is 0 Å². The summed E-state index contributed by atoms with van der Waals surface area (Å²) in [5, 5.41) is 2.27. The average molecular weight is 339 g/mol. The third-order valence-electron chi connectivity index (χ3n) is 5.70. The number of hydrogen-bond donors (Lipinski definition) is 0. The lowest BCUT2D eigenvalue weighted by atomic mass is 9.73. The van der Waals surface area contributed by atoms with Gasteiger partial charge in [-0.1, -0.05) is 30.3 Å². The lowest BCUT2D eigenvalue weighted by molar-refractivity contribution is -0.142. The largest absolute Gasteiger partial charge is 0.384 e. The molecule has 4 rings (SSSR count). The molecular formula is C21H25NO3. The summed E-state index contributed by atoms with van der Waals surface area (Å²) in [5.74, 6) is 0.116. The van der Waals surface area contributed by atoms with E-state index >= 15 is 0 Å². The van der Waals surface area contributed by atoms with E-state index in [1.165, 1.54) is 0 Å². The molecular weight excluding hydrogens is 314 g/mol. The predicted octanol–water partition coefficient (Wildman–Crippen LogP) is 3.50. The maximum atomic E-state index is 13.1. The van der Waals surface area contributed by atoms with Crippen LogP contribution in [-0.4, -0.2) is 50.3 Å². The number of fused-ring (bicyclic) bond motifs is 2. The van der Waals surface area contributed by atoms with Crippen molar-refractivity contribution in [1.82, 2.24) is 4.90 Å². The maximum absolute atomic E-state index is 13.1. The van der Waals surface area contributed by atoms with Crippen molar-refractivity contribution in [2.45, 2.75) is 25.4 Å². The molecule has 0 radical (unpaired) electrons. The van der Waals surface area contributed by atoms with Gasteiger partial charge in [0.05, 0.1) is 12.7 Å². The number of rotatable bonds is 3. The lowest BCUT2D eigenvalue weighted by Crippen LogP contribution is -2.58. The summed E-state index contributed by atoms with van der Waals surface area (Å²) in [6.07, 6.45) is 3.20. The molecule has 2 heterocycles. The van der Waals surface area contributed by atoms with E-state index in [1.54, 1.807) is 7.11 Å². The second kappa shape index (κ2) is 6.77. The highest BCUT2D eigenvalue weighted by Gasteiger charge is 2.47.